The number of benzene rings is 1. The summed E-state index contributed by atoms with van der Waals surface area (Å²) >= 11 is 6.14. The predicted molar refractivity (Wildman–Crippen MR) is 113 cm³/mol. The molecule has 8 nitrogen and oxygen atoms in total. The Bertz CT molecular complexity index is 1210. The van der Waals surface area contributed by atoms with Crippen molar-refractivity contribution >= 4 is 29.1 Å². The van der Waals surface area contributed by atoms with Crippen molar-refractivity contribution in [3.63, 3.8) is 0 Å². The summed E-state index contributed by atoms with van der Waals surface area (Å²) in [7, 11) is 1.46. The van der Waals surface area contributed by atoms with Crippen LogP contribution in [0.25, 0.3) is 5.82 Å². The number of amides is 2. The molecule has 1 aromatic carbocycles. The Labute approximate surface area is 186 Å². The Morgan fingerprint density at radius 1 is 1.28 bits per heavy atom. The quantitative estimate of drug-likeness (QED) is 0.602. The van der Waals surface area contributed by atoms with Crippen LogP contribution in [0.15, 0.2) is 36.5 Å². The molecule has 2 amide bonds. The highest BCUT2D eigenvalue weighted by Gasteiger charge is 2.29. The molecule has 1 unspecified atom stereocenters. The number of nitrogens with zero attached hydrogens (tertiary/aromatic N) is 3. The lowest BCUT2D eigenvalue weighted by Crippen LogP contribution is -2.23. The van der Waals surface area contributed by atoms with E-state index in [1.54, 1.807) is 18.2 Å². The largest absolute Gasteiger partial charge is 0.489 e. The van der Waals surface area contributed by atoms with Crippen LogP contribution in [-0.2, 0) is 6.42 Å². The summed E-state index contributed by atoms with van der Waals surface area (Å²) in [5.41, 5.74) is 0.312. The topological polar surface area (TPSA) is 98.1 Å². The predicted octanol–water partition coefficient (Wildman–Crippen LogP) is 3.79. The molecule has 3 heterocycles. The van der Waals surface area contributed by atoms with E-state index in [9.17, 15) is 18.4 Å². The third kappa shape index (κ3) is 3.89. The average molecular weight is 462 g/mol. The SMILES string of the molecule is CNC(=O)c1c(NC(=O)c2cc(C(F)F)nn2-c2ncccc2Cl)ccc2c1OC(C)C2. The molecule has 11 heteroatoms. The molecule has 0 fully saturated rings. The van der Waals surface area contributed by atoms with Crippen molar-refractivity contribution in [1.82, 2.24) is 20.1 Å². The first kappa shape index (κ1) is 21.7. The minimum atomic E-state index is -2.92. The molecular weight excluding hydrogens is 444 g/mol. The molecule has 0 spiro atoms. The molecule has 0 saturated heterocycles. The van der Waals surface area contributed by atoms with Crippen molar-refractivity contribution in [2.75, 3.05) is 12.4 Å². The summed E-state index contributed by atoms with van der Waals surface area (Å²) in [6.07, 6.45) is -1.02. The average Bonchev–Trinajstić information content (AvgIpc) is 3.37. The van der Waals surface area contributed by atoms with E-state index < -0.39 is 23.9 Å². The van der Waals surface area contributed by atoms with E-state index in [1.165, 1.54) is 19.3 Å². The molecule has 2 aromatic heterocycles. The highest BCUT2D eigenvalue weighted by Crippen LogP contribution is 2.37. The van der Waals surface area contributed by atoms with Gasteiger partial charge >= 0.3 is 0 Å². The van der Waals surface area contributed by atoms with Gasteiger partial charge < -0.3 is 15.4 Å². The number of carbonyl (C=O) groups is 2. The number of nitrogens with one attached hydrogen (secondary N) is 2. The summed E-state index contributed by atoms with van der Waals surface area (Å²) in [6, 6.07) is 7.34. The second-order valence-electron chi connectivity index (χ2n) is 7.12. The summed E-state index contributed by atoms with van der Waals surface area (Å²) in [4.78, 5) is 29.7. The number of rotatable bonds is 5. The number of aromatic nitrogens is 3. The number of hydrogen-bond donors (Lipinski definition) is 2. The van der Waals surface area contributed by atoms with E-state index >= 15 is 0 Å². The van der Waals surface area contributed by atoms with Gasteiger partial charge in [-0.2, -0.15) is 5.10 Å². The zero-order valence-electron chi connectivity index (χ0n) is 17.0. The van der Waals surface area contributed by atoms with Gasteiger partial charge in [-0.3, -0.25) is 9.59 Å². The van der Waals surface area contributed by atoms with E-state index in [0.717, 1.165) is 16.3 Å². The first-order valence-corrected chi connectivity index (χ1v) is 10.0. The number of pyridine rings is 1. The monoisotopic (exact) mass is 461 g/mol. The number of alkyl halides is 2. The summed E-state index contributed by atoms with van der Waals surface area (Å²) < 4.78 is 33.4. The molecule has 4 rings (SSSR count). The molecule has 0 aliphatic carbocycles. The van der Waals surface area contributed by atoms with Crippen LogP contribution in [0.5, 0.6) is 5.75 Å². The van der Waals surface area contributed by atoms with E-state index in [2.05, 4.69) is 20.7 Å². The number of carbonyl (C=O) groups excluding carboxylic acids is 2. The van der Waals surface area contributed by atoms with Crippen LogP contribution in [-0.4, -0.2) is 39.7 Å². The van der Waals surface area contributed by atoms with Gasteiger partial charge in [-0.25, -0.2) is 18.4 Å². The molecule has 2 N–H and O–H groups in total. The van der Waals surface area contributed by atoms with Gasteiger partial charge in [-0.1, -0.05) is 17.7 Å². The third-order valence-corrected chi connectivity index (χ3v) is 5.19. The summed E-state index contributed by atoms with van der Waals surface area (Å²) in [5, 5.41) is 9.06. The van der Waals surface area contributed by atoms with Gasteiger partial charge in [-0.05, 0) is 36.8 Å². The van der Waals surface area contributed by atoms with Gasteiger partial charge in [0, 0.05) is 19.7 Å². The lowest BCUT2D eigenvalue weighted by molar-refractivity contribution is 0.0959. The third-order valence-electron chi connectivity index (χ3n) is 4.89. The molecule has 166 valence electrons. The van der Waals surface area contributed by atoms with Gasteiger partial charge in [0.1, 0.15) is 28.8 Å². The fourth-order valence-electron chi connectivity index (χ4n) is 3.48. The van der Waals surface area contributed by atoms with Crippen LogP contribution >= 0.6 is 11.6 Å². The molecule has 0 bridgehead atoms. The van der Waals surface area contributed by atoms with Crippen LogP contribution in [0.4, 0.5) is 14.5 Å². The Kier molecular flexibility index (Phi) is 5.79. The summed E-state index contributed by atoms with van der Waals surface area (Å²) in [6.45, 7) is 1.87. The van der Waals surface area contributed by atoms with Gasteiger partial charge in [0.15, 0.2) is 5.82 Å². The van der Waals surface area contributed by atoms with Crippen LogP contribution in [0.3, 0.4) is 0 Å². The van der Waals surface area contributed by atoms with Crippen molar-refractivity contribution in [2.24, 2.45) is 0 Å². The maximum atomic E-state index is 13.3. The highest BCUT2D eigenvalue weighted by atomic mass is 35.5. The van der Waals surface area contributed by atoms with Crippen LogP contribution in [0.2, 0.25) is 5.02 Å². The number of anilines is 1. The number of fused-ring (bicyclic) bond motifs is 1. The maximum absolute atomic E-state index is 13.3. The molecular formula is C21H18ClF2N5O3. The Morgan fingerprint density at radius 3 is 2.75 bits per heavy atom. The second-order valence-corrected chi connectivity index (χ2v) is 7.53. The second kappa shape index (κ2) is 8.54. The lowest BCUT2D eigenvalue weighted by Gasteiger charge is -2.15. The Hall–Kier alpha value is -3.53. The minimum Gasteiger partial charge on any atom is -0.489 e. The fourth-order valence-corrected chi connectivity index (χ4v) is 3.68. The van der Waals surface area contributed by atoms with Crippen LogP contribution in [0.1, 0.15) is 45.5 Å². The lowest BCUT2D eigenvalue weighted by atomic mass is 10.0. The van der Waals surface area contributed by atoms with Crippen molar-refractivity contribution in [3.05, 3.63) is 64.1 Å². The van der Waals surface area contributed by atoms with Crippen LogP contribution < -0.4 is 15.4 Å². The van der Waals surface area contributed by atoms with E-state index in [1.807, 2.05) is 6.92 Å². The van der Waals surface area contributed by atoms with E-state index in [4.69, 9.17) is 16.3 Å². The molecule has 1 aliphatic heterocycles. The maximum Gasteiger partial charge on any atom is 0.282 e. The Balaban J connectivity index is 1.77. The highest BCUT2D eigenvalue weighted by molar-refractivity contribution is 6.32. The number of hydrogen-bond acceptors (Lipinski definition) is 5. The molecule has 0 saturated carbocycles. The first-order valence-electron chi connectivity index (χ1n) is 9.65. The van der Waals surface area contributed by atoms with Gasteiger partial charge in [0.2, 0.25) is 0 Å². The molecule has 0 radical (unpaired) electrons. The smallest absolute Gasteiger partial charge is 0.282 e. The van der Waals surface area contributed by atoms with E-state index in [0.29, 0.717) is 12.2 Å². The zero-order valence-corrected chi connectivity index (χ0v) is 17.8. The first-order chi connectivity index (χ1) is 15.3. The normalized spacial score (nSPS) is 14.8. The molecule has 1 atom stereocenters. The van der Waals surface area contributed by atoms with Gasteiger partial charge in [-0.15, -0.1) is 0 Å². The van der Waals surface area contributed by atoms with Gasteiger partial charge in [0.25, 0.3) is 18.2 Å². The molecule has 32 heavy (non-hydrogen) atoms. The number of halogens is 3. The standard InChI is InChI=1S/C21H18ClF2N5O3/c1-10-8-11-5-6-13(16(17(11)32-10)21(31)25-2)27-20(30)15-9-14(18(23)24)28-29(15)19-12(22)4-3-7-26-19/h3-7,9-10,18H,8H2,1-2H3,(H,25,31)(H,27,30). The van der Waals surface area contributed by atoms with Gasteiger partial charge in [0.05, 0.1) is 10.7 Å². The van der Waals surface area contributed by atoms with Crippen molar-refractivity contribution in [3.8, 4) is 11.6 Å². The van der Waals surface area contributed by atoms with Crippen molar-refractivity contribution < 1.29 is 23.1 Å². The molecule has 1 aliphatic rings. The minimum absolute atomic E-state index is 0.0175. The van der Waals surface area contributed by atoms with Crippen molar-refractivity contribution in [1.29, 1.82) is 0 Å². The number of ether oxygens (including phenoxy) is 1. The van der Waals surface area contributed by atoms with Crippen LogP contribution in [0, 0.1) is 0 Å². The Morgan fingerprint density at radius 2 is 2.06 bits per heavy atom. The zero-order chi connectivity index (χ0) is 23.0. The fraction of sp³-hybridized carbons (Fsp3) is 0.238. The summed E-state index contributed by atoms with van der Waals surface area (Å²) in [5.74, 6) is -0.837. The van der Waals surface area contributed by atoms with Crippen molar-refractivity contribution in [2.45, 2.75) is 25.9 Å². The molecule has 3 aromatic rings. The van der Waals surface area contributed by atoms with E-state index in [-0.39, 0.29) is 33.9 Å².